The number of esters is 1. The molecule has 0 aliphatic heterocycles. The summed E-state index contributed by atoms with van der Waals surface area (Å²) in [7, 11) is 2.03. The molecule has 2 aromatic rings. The van der Waals surface area contributed by atoms with Gasteiger partial charge >= 0.3 is 5.97 Å². The van der Waals surface area contributed by atoms with Crippen molar-refractivity contribution in [3.63, 3.8) is 0 Å². The Labute approximate surface area is 126 Å². The summed E-state index contributed by atoms with van der Waals surface area (Å²) in [5.74, 6) is -0.253. The molecule has 1 atom stereocenters. The minimum Gasteiger partial charge on any atom is -0.456 e. The maximum atomic E-state index is 11.3. The average Bonchev–Trinajstić information content (AvgIpc) is 2.48. The quantitative estimate of drug-likeness (QED) is 0.761. The van der Waals surface area contributed by atoms with Gasteiger partial charge in [0.25, 0.3) is 0 Å². The molecule has 0 aliphatic rings. The molecule has 0 saturated carbocycles. The van der Waals surface area contributed by atoms with Gasteiger partial charge in [0.1, 0.15) is 6.10 Å². The van der Waals surface area contributed by atoms with Crippen LogP contribution in [0.2, 0.25) is 0 Å². The molecular formula is C18H21NO2. The Kier molecular flexibility index (Phi) is 5.52. The van der Waals surface area contributed by atoms with E-state index in [0.717, 1.165) is 12.1 Å². The summed E-state index contributed by atoms with van der Waals surface area (Å²) in [5.41, 5.74) is 2.27. The SMILES string of the molecule is CC(=O)O[C@@H](CN(C)Cc1ccccc1)c1ccccc1. The zero-order valence-corrected chi connectivity index (χ0v) is 12.5. The number of carbonyl (C=O) groups excluding carboxylic acids is 1. The summed E-state index contributed by atoms with van der Waals surface area (Å²) < 4.78 is 5.46. The van der Waals surface area contributed by atoms with Crippen LogP contribution < -0.4 is 0 Å². The van der Waals surface area contributed by atoms with Crippen molar-refractivity contribution in [1.29, 1.82) is 0 Å². The highest BCUT2D eigenvalue weighted by Gasteiger charge is 2.17. The van der Waals surface area contributed by atoms with Crippen LogP contribution in [-0.4, -0.2) is 24.5 Å². The lowest BCUT2D eigenvalue weighted by molar-refractivity contribution is -0.147. The Balaban J connectivity index is 2.03. The maximum absolute atomic E-state index is 11.3. The summed E-state index contributed by atoms with van der Waals surface area (Å²) in [6.07, 6.45) is -0.239. The van der Waals surface area contributed by atoms with Crippen molar-refractivity contribution < 1.29 is 9.53 Å². The molecule has 3 nitrogen and oxygen atoms in total. The van der Waals surface area contributed by atoms with Crippen molar-refractivity contribution in [3.8, 4) is 0 Å². The molecule has 0 amide bonds. The van der Waals surface area contributed by atoms with Crippen LogP contribution in [0.25, 0.3) is 0 Å². The van der Waals surface area contributed by atoms with Gasteiger partial charge in [-0.25, -0.2) is 0 Å². The van der Waals surface area contributed by atoms with Gasteiger partial charge in [-0.1, -0.05) is 60.7 Å². The van der Waals surface area contributed by atoms with Crippen LogP contribution in [0.4, 0.5) is 0 Å². The Bertz CT molecular complexity index is 554. The second-order valence-corrected chi connectivity index (χ2v) is 5.19. The number of ether oxygens (including phenoxy) is 1. The van der Waals surface area contributed by atoms with Crippen molar-refractivity contribution in [2.24, 2.45) is 0 Å². The Morgan fingerprint density at radius 2 is 1.62 bits per heavy atom. The van der Waals surface area contributed by atoms with Gasteiger partial charge in [-0.15, -0.1) is 0 Å². The molecule has 2 aromatic carbocycles. The zero-order valence-electron chi connectivity index (χ0n) is 12.5. The fraction of sp³-hybridized carbons (Fsp3) is 0.278. The first-order valence-electron chi connectivity index (χ1n) is 7.10. The smallest absolute Gasteiger partial charge is 0.303 e. The molecule has 0 bridgehead atoms. The third-order valence-electron chi connectivity index (χ3n) is 3.25. The average molecular weight is 283 g/mol. The third kappa shape index (κ3) is 5.04. The van der Waals surface area contributed by atoms with Crippen LogP contribution in [0.15, 0.2) is 60.7 Å². The molecule has 3 heteroatoms. The van der Waals surface area contributed by atoms with Gasteiger partial charge < -0.3 is 4.74 Å². The summed E-state index contributed by atoms with van der Waals surface area (Å²) in [5, 5.41) is 0. The number of nitrogens with zero attached hydrogens (tertiary/aromatic N) is 1. The molecule has 2 rings (SSSR count). The van der Waals surface area contributed by atoms with Crippen molar-refractivity contribution in [2.75, 3.05) is 13.6 Å². The number of carbonyl (C=O) groups is 1. The Morgan fingerprint density at radius 3 is 2.19 bits per heavy atom. The molecule has 0 aromatic heterocycles. The Hall–Kier alpha value is -2.13. The van der Waals surface area contributed by atoms with E-state index in [4.69, 9.17) is 4.74 Å². The second-order valence-electron chi connectivity index (χ2n) is 5.19. The van der Waals surface area contributed by atoms with E-state index in [1.807, 2.05) is 55.6 Å². The minimum atomic E-state index is -0.253. The molecule has 0 spiro atoms. The summed E-state index contributed by atoms with van der Waals surface area (Å²) in [4.78, 5) is 13.5. The van der Waals surface area contributed by atoms with Crippen molar-refractivity contribution in [2.45, 2.75) is 19.6 Å². The van der Waals surface area contributed by atoms with Gasteiger partial charge in [-0.3, -0.25) is 9.69 Å². The van der Waals surface area contributed by atoms with Gasteiger partial charge in [-0.05, 0) is 18.2 Å². The highest BCUT2D eigenvalue weighted by molar-refractivity contribution is 5.66. The van der Waals surface area contributed by atoms with Crippen LogP contribution in [0.5, 0.6) is 0 Å². The standard InChI is InChI=1S/C18H21NO2/c1-15(20)21-18(17-11-7-4-8-12-17)14-19(2)13-16-9-5-3-6-10-16/h3-12,18H,13-14H2,1-2H3/t18-/m0/s1. The van der Waals surface area contributed by atoms with Gasteiger partial charge in [0.05, 0.1) is 0 Å². The molecule has 0 radical (unpaired) electrons. The van der Waals surface area contributed by atoms with E-state index in [-0.39, 0.29) is 12.1 Å². The highest BCUT2D eigenvalue weighted by atomic mass is 16.5. The molecule has 0 aliphatic carbocycles. The number of hydrogen-bond acceptors (Lipinski definition) is 3. The second kappa shape index (κ2) is 7.60. The summed E-state index contributed by atoms with van der Waals surface area (Å²) in [6, 6.07) is 20.1. The van der Waals surface area contributed by atoms with Crippen molar-refractivity contribution in [1.82, 2.24) is 4.90 Å². The molecule has 0 unspecified atom stereocenters. The first-order chi connectivity index (χ1) is 10.1. The topological polar surface area (TPSA) is 29.5 Å². The molecule has 0 heterocycles. The normalized spacial score (nSPS) is 12.1. The molecule has 110 valence electrons. The van der Waals surface area contributed by atoms with Gasteiger partial charge in [0.15, 0.2) is 0 Å². The minimum absolute atomic E-state index is 0.239. The van der Waals surface area contributed by atoms with Crippen LogP contribution in [0, 0.1) is 0 Å². The number of hydrogen-bond donors (Lipinski definition) is 0. The van der Waals surface area contributed by atoms with Crippen molar-refractivity contribution >= 4 is 5.97 Å². The highest BCUT2D eigenvalue weighted by Crippen LogP contribution is 2.19. The third-order valence-corrected chi connectivity index (χ3v) is 3.25. The molecule has 0 fully saturated rings. The van der Waals surface area contributed by atoms with Crippen LogP contribution in [0.3, 0.4) is 0 Å². The number of likely N-dealkylation sites (N-methyl/N-ethyl adjacent to an activating group) is 1. The monoisotopic (exact) mass is 283 g/mol. The van der Waals surface area contributed by atoms with E-state index in [1.165, 1.54) is 12.5 Å². The largest absolute Gasteiger partial charge is 0.456 e. The fourth-order valence-electron chi connectivity index (χ4n) is 2.32. The summed E-state index contributed by atoms with van der Waals surface area (Å²) >= 11 is 0. The van der Waals surface area contributed by atoms with E-state index in [1.54, 1.807) is 0 Å². The van der Waals surface area contributed by atoms with Gasteiger partial charge in [0.2, 0.25) is 0 Å². The first kappa shape index (κ1) is 15.3. The molecule has 0 N–H and O–H groups in total. The number of benzene rings is 2. The first-order valence-corrected chi connectivity index (χ1v) is 7.10. The predicted molar refractivity (Wildman–Crippen MR) is 83.7 cm³/mol. The molecule has 21 heavy (non-hydrogen) atoms. The number of rotatable bonds is 6. The summed E-state index contributed by atoms with van der Waals surface area (Å²) in [6.45, 7) is 2.94. The van der Waals surface area contributed by atoms with Crippen LogP contribution in [0.1, 0.15) is 24.2 Å². The van der Waals surface area contributed by atoms with E-state index < -0.39 is 0 Å². The van der Waals surface area contributed by atoms with E-state index in [0.29, 0.717) is 6.54 Å². The lowest BCUT2D eigenvalue weighted by Gasteiger charge is -2.24. The van der Waals surface area contributed by atoms with E-state index in [2.05, 4.69) is 17.0 Å². The molecule has 0 saturated heterocycles. The van der Waals surface area contributed by atoms with Crippen LogP contribution in [-0.2, 0) is 16.1 Å². The van der Waals surface area contributed by atoms with Gasteiger partial charge in [0, 0.05) is 20.0 Å². The van der Waals surface area contributed by atoms with Crippen molar-refractivity contribution in [3.05, 3.63) is 71.8 Å². The molecular weight excluding hydrogens is 262 g/mol. The Morgan fingerprint density at radius 1 is 1.05 bits per heavy atom. The zero-order chi connectivity index (χ0) is 15.1. The van der Waals surface area contributed by atoms with E-state index in [9.17, 15) is 4.79 Å². The van der Waals surface area contributed by atoms with Gasteiger partial charge in [-0.2, -0.15) is 0 Å². The lowest BCUT2D eigenvalue weighted by atomic mass is 10.1. The van der Waals surface area contributed by atoms with E-state index >= 15 is 0 Å². The predicted octanol–water partition coefficient (Wildman–Crippen LogP) is 3.42. The lowest BCUT2D eigenvalue weighted by Crippen LogP contribution is -2.26. The maximum Gasteiger partial charge on any atom is 0.303 e. The van der Waals surface area contributed by atoms with Crippen LogP contribution >= 0.6 is 0 Å². The fourth-order valence-corrected chi connectivity index (χ4v) is 2.32.